The van der Waals surface area contributed by atoms with Crippen molar-refractivity contribution < 1.29 is 13.2 Å². The van der Waals surface area contributed by atoms with Gasteiger partial charge in [-0.15, -0.1) is 0 Å². The van der Waals surface area contributed by atoms with Crippen LogP contribution in [0.15, 0.2) is 41.8 Å². The summed E-state index contributed by atoms with van der Waals surface area (Å²) >= 11 is 0. The normalized spacial score (nSPS) is 18.3. The van der Waals surface area contributed by atoms with Gasteiger partial charge in [-0.25, -0.2) is 13.4 Å². The molecule has 1 aromatic carbocycles. The minimum absolute atomic E-state index is 0.0988. The molecule has 1 N–H and O–H groups in total. The molecule has 0 radical (unpaired) electrons. The number of hydrogen-bond acceptors (Lipinski definition) is 4. The predicted molar refractivity (Wildman–Crippen MR) is 98.1 cm³/mol. The Bertz CT molecular complexity index is 978. The highest BCUT2D eigenvalue weighted by atomic mass is 32.2. The number of nitrogens with one attached hydrogen (secondary N) is 1. The molecule has 0 bridgehead atoms. The summed E-state index contributed by atoms with van der Waals surface area (Å²) in [5.74, 6) is -0.472. The smallest absolute Gasteiger partial charge is 0.270 e. The average Bonchev–Trinajstić information content (AvgIpc) is 2.88. The Morgan fingerprint density at radius 3 is 2.48 bits per heavy atom. The summed E-state index contributed by atoms with van der Waals surface area (Å²) in [6.45, 7) is 5.99. The third-order valence-electron chi connectivity index (χ3n) is 4.38. The van der Waals surface area contributed by atoms with Crippen LogP contribution in [0.2, 0.25) is 0 Å². The van der Waals surface area contributed by atoms with Crippen molar-refractivity contribution in [3.05, 3.63) is 64.3 Å². The predicted octanol–water partition coefficient (Wildman–Crippen LogP) is 2.71. The number of carbonyl (C=O) groups is 1. The number of hydrogen-bond donors (Lipinski definition) is 1. The lowest BCUT2D eigenvalue weighted by atomic mass is 9.99. The summed E-state index contributed by atoms with van der Waals surface area (Å²) < 4.78 is 22.8. The van der Waals surface area contributed by atoms with Gasteiger partial charge >= 0.3 is 0 Å². The summed E-state index contributed by atoms with van der Waals surface area (Å²) in [5, 5.41) is 3.82. The van der Waals surface area contributed by atoms with Crippen LogP contribution in [0.1, 0.15) is 27.3 Å². The van der Waals surface area contributed by atoms with Crippen molar-refractivity contribution in [3.63, 3.8) is 0 Å². The molecule has 0 aliphatic carbocycles. The molecule has 3 rings (SSSR count). The molecule has 25 heavy (non-hydrogen) atoms. The fourth-order valence-electron chi connectivity index (χ4n) is 2.81. The van der Waals surface area contributed by atoms with E-state index >= 15 is 0 Å². The first-order valence-corrected chi connectivity index (χ1v) is 9.74. The van der Waals surface area contributed by atoms with E-state index in [-0.39, 0.29) is 17.4 Å². The van der Waals surface area contributed by atoms with Crippen LogP contribution in [0.3, 0.4) is 0 Å². The maximum Gasteiger partial charge on any atom is 0.270 e. The number of aryl methyl sites for hydroxylation is 3. The maximum absolute atomic E-state index is 12.3. The van der Waals surface area contributed by atoms with E-state index < -0.39 is 15.9 Å². The molecule has 130 valence electrons. The first-order valence-electron chi connectivity index (χ1n) is 8.02. The van der Waals surface area contributed by atoms with Gasteiger partial charge in [-0.2, -0.15) is 0 Å². The SMILES string of the molecule is Cc1ccc(-c2ccc(C(=O)NC3C=CS(=O)(=O)C3)nc2C)cc1C. The number of benzene rings is 1. The van der Waals surface area contributed by atoms with Crippen molar-refractivity contribution >= 4 is 15.7 Å². The fourth-order valence-corrected chi connectivity index (χ4v) is 4.04. The van der Waals surface area contributed by atoms with Gasteiger partial charge in [-0.05, 0) is 49.6 Å². The summed E-state index contributed by atoms with van der Waals surface area (Å²) in [7, 11) is -3.20. The molecule has 1 aliphatic rings. The third-order valence-corrected chi connectivity index (χ3v) is 5.78. The lowest BCUT2D eigenvalue weighted by molar-refractivity contribution is 0.0942. The third kappa shape index (κ3) is 3.79. The number of rotatable bonds is 3. The van der Waals surface area contributed by atoms with Gasteiger partial charge in [0.2, 0.25) is 0 Å². The fraction of sp³-hybridized carbons (Fsp3) is 0.263. The van der Waals surface area contributed by atoms with E-state index in [9.17, 15) is 13.2 Å². The van der Waals surface area contributed by atoms with Crippen LogP contribution >= 0.6 is 0 Å². The molecule has 0 fully saturated rings. The van der Waals surface area contributed by atoms with E-state index in [1.54, 1.807) is 6.07 Å². The molecule has 2 heterocycles. The van der Waals surface area contributed by atoms with Gasteiger partial charge in [-0.1, -0.05) is 24.3 Å². The van der Waals surface area contributed by atoms with Crippen LogP contribution in [0.25, 0.3) is 11.1 Å². The Balaban J connectivity index is 1.81. The Hall–Kier alpha value is -2.47. The Labute approximate surface area is 147 Å². The second-order valence-electron chi connectivity index (χ2n) is 6.37. The Morgan fingerprint density at radius 1 is 1.12 bits per heavy atom. The first-order chi connectivity index (χ1) is 11.7. The van der Waals surface area contributed by atoms with Gasteiger partial charge < -0.3 is 5.32 Å². The highest BCUT2D eigenvalue weighted by Crippen LogP contribution is 2.24. The molecule has 0 saturated heterocycles. The molecular formula is C19H20N2O3S. The molecule has 5 nitrogen and oxygen atoms in total. The van der Waals surface area contributed by atoms with Gasteiger partial charge in [0.1, 0.15) is 5.69 Å². The number of aromatic nitrogens is 1. The van der Waals surface area contributed by atoms with Gasteiger partial charge in [0.15, 0.2) is 9.84 Å². The molecule has 1 aromatic heterocycles. The van der Waals surface area contributed by atoms with E-state index in [2.05, 4.69) is 36.3 Å². The van der Waals surface area contributed by atoms with Crippen molar-refractivity contribution in [2.24, 2.45) is 0 Å². The monoisotopic (exact) mass is 356 g/mol. The first kappa shape index (κ1) is 17.4. The zero-order valence-electron chi connectivity index (χ0n) is 14.4. The van der Waals surface area contributed by atoms with Crippen molar-refractivity contribution in [2.75, 3.05) is 5.75 Å². The summed E-state index contributed by atoms with van der Waals surface area (Å²) in [4.78, 5) is 16.7. The standard InChI is InChI=1S/C19H20N2O3S/c1-12-4-5-15(10-13(12)2)17-6-7-18(20-14(17)3)19(22)21-16-8-9-25(23,24)11-16/h4-10,16H,11H2,1-3H3,(H,21,22). The van der Waals surface area contributed by atoms with Crippen LogP contribution in [0.5, 0.6) is 0 Å². The van der Waals surface area contributed by atoms with Crippen LogP contribution in [-0.4, -0.2) is 31.1 Å². The Kier molecular flexibility index (Phi) is 4.47. The van der Waals surface area contributed by atoms with E-state index in [1.165, 1.54) is 17.2 Å². The number of carbonyl (C=O) groups excluding carboxylic acids is 1. The van der Waals surface area contributed by atoms with Gasteiger partial charge in [0.25, 0.3) is 5.91 Å². The molecule has 0 spiro atoms. The number of sulfone groups is 1. The Morgan fingerprint density at radius 2 is 1.88 bits per heavy atom. The topological polar surface area (TPSA) is 76.1 Å². The summed E-state index contributed by atoms with van der Waals surface area (Å²) in [5.41, 5.74) is 5.50. The summed E-state index contributed by atoms with van der Waals surface area (Å²) in [6.07, 6.45) is 1.49. The van der Waals surface area contributed by atoms with Crippen molar-refractivity contribution in [2.45, 2.75) is 26.8 Å². The minimum atomic E-state index is -3.20. The van der Waals surface area contributed by atoms with Gasteiger partial charge in [0, 0.05) is 16.7 Å². The molecule has 6 heteroatoms. The molecule has 1 unspecified atom stereocenters. The van der Waals surface area contributed by atoms with Crippen molar-refractivity contribution in [1.29, 1.82) is 0 Å². The molecule has 0 saturated carbocycles. The van der Waals surface area contributed by atoms with Crippen molar-refractivity contribution in [1.82, 2.24) is 10.3 Å². The average molecular weight is 356 g/mol. The van der Waals surface area contributed by atoms with Crippen LogP contribution in [0.4, 0.5) is 0 Å². The lowest BCUT2D eigenvalue weighted by Crippen LogP contribution is -2.36. The number of nitrogens with zero attached hydrogens (tertiary/aromatic N) is 1. The largest absolute Gasteiger partial charge is 0.343 e. The van der Waals surface area contributed by atoms with E-state index in [1.807, 2.05) is 19.1 Å². The lowest BCUT2D eigenvalue weighted by Gasteiger charge is -2.12. The molecule has 2 aromatic rings. The number of pyridine rings is 1. The zero-order chi connectivity index (χ0) is 18.2. The second-order valence-corrected chi connectivity index (χ2v) is 8.30. The molecular weight excluding hydrogens is 336 g/mol. The van der Waals surface area contributed by atoms with Crippen LogP contribution < -0.4 is 5.32 Å². The quantitative estimate of drug-likeness (QED) is 0.917. The highest BCUT2D eigenvalue weighted by molar-refractivity contribution is 7.94. The summed E-state index contributed by atoms with van der Waals surface area (Å²) in [6, 6.07) is 9.26. The minimum Gasteiger partial charge on any atom is -0.343 e. The van der Waals surface area contributed by atoms with Crippen LogP contribution in [-0.2, 0) is 9.84 Å². The molecule has 1 amide bonds. The van der Waals surface area contributed by atoms with E-state index in [0.29, 0.717) is 0 Å². The highest BCUT2D eigenvalue weighted by Gasteiger charge is 2.24. The molecule has 1 aliphatic heterocycles. The zero-order valence-corrected chi connectivity index (χ0v) is 15.2. The van der Waals surface area contributed by atoms with E-state index in [0.717, 1.165) is 22.2 Å². The van der Waals surface area contributed by atoms with Crippen molar-refractivity contribution in [3.8, 4) is 11.1 Å². The van der Waals surface area contributed by atoms with Gasteiger partial charge in [-0.3, -0.25) is 4.79 Å². The van der Waals surface area contributed by atoms with Gasteiger partial charge in [0.05, 0.1) is 11.8 Å². The molecule has 1 atom stereocenters. The van der Waals surface area contributed by atoms with Crippen LogP contribution in [0, 0.1) is 20.8 Å². The number of amides is 1. The van der Waals surface area contributed by atoms with E-state index in [4.69, 9.17) is 0 Å². The maximum atomic E-state index is 12.3. The second kappa shape index (κ2) is 6.44.